The molecule has 1 aromatic carbocycles. The molecule has 0 saturated heterocycles. The van der Waals surface area contributed by atoms with Crippen LogP contribution in [0.4, 0.5) is 10.1 Å². The topological polar surface area (TPSA) is 111 Å². The Morgan fingerprint density at radius 1 is 1.21 bits per heavy atom. The van der Waals surface area contributed by atoms with Crippen LogP contribution in [0, 0.1) is 5.82 Å². The largest absolute Gasteiger partial charge is 0.478 e. The molecule has 28 heavy (non-hydrogen) atoms. The molecule has 2 N–H and O–H groups in total. The molecule has 0 fully saturated rings. The number of anilines is 1. The first-order valence-corrected chi connectivity index (χ1v) is 8.44. The lowest BCUT2D eigenvalue weighted by molar-refractivity contribution is -0.116. The van der Waals surface area contributed by atoms with Crippen LogP contribution in [0.15, 0.2) is 43.0 Å². The number of rotatable bonds is 8. The highest BCUT2D eigenvalue weighted by atomic mass is 35.5. The third-order valence-electron chi connectivity index (χ3n) is 3.61. The van der Waals surface area contributed by atoms with E-state index in [-0.39, 0.29) is 36.2 Å². The molecular weight excluding hydrogens is 393 g/mol. The van der Waals surface area contributed by atoms with Crippen LogP contribution in [0.25, 0.3) is 0 Å². The number of carboxylic acid groups (broad SMARTS) is 1. The molecule has 0 aliphatic carbocycles. The van der Waals surface area contributed by atoms with Crippen molar-refractivity contribution in [2.75, 3.05) is 5.32 Å². The summed E-state index contributed by atoms with van der Waals surface area (Å²) in [6, 6.07) is 3.79. The number of carbonyl (C=O) groups excluding carboxylic acids is 1. The standard InChI is InChI=1S/C17H15ClFN5O4/c18-14-5-12(19)1-2-15(14)28-10-24-9-13(7-21-24)22-16(25)3-4-23-8-11(6-20-23)17(26)27/h1-2,5-9H,3-4,10H2,(H,22,25)(H,26,27). The van der Waals surface area contributed by atoms with Gasteiger partial charge in [0.05, 0.1) is 34.9 Å². The van der Waals surface area contributed by atoms with E-state index in [9.17, 15) is 14.0 Å². The molecule has 0 atom stereocenters. The molecule has 0 saturated carbocycles. The van der Waals surface area contributed by atoms with Gasteiger partial charge in [-0.05, 0) is 18.2 Å². The summed E-state index contributed by atoms with van der Waals surface area (Å²) in [7, 11) is 0. The van der Waals surface area contributed by atoms with E-state index < -0.39 is 11.8 Å². The van der Waals surface area contributed by atoms with Crippen LogP contribution < -0.4 is 10.1 Å². The van der Waals surface area contributed by atoms with E-state index in [1.54, 1.807) is 6.20 Å². The normalized spacial score (nSPS) is 10.6. The summed E-state index contributed by atoms with van der Waals surface area (Å²) in [5.74, 6) is -1.51. The second kappa shape index (κ2) is 8.53. The first-order chi connectivity index (χ1) is 13.4. The number of ether oxygens (including phenoxy) is 1. The fourth-order valence-corrected chi connectivity index (χ4v) is 2.48. The molecule has 0 unspecified atom stereocenters. The Hall–Kier alpha value is -3.40. The molecule has 1 amide bonds. The number of carbonyl (C=O) groups is 2. The average molecular weight is 408 g/mol. The van der Waals surface area contributed by atoms with Crippen LogP contribution in [-0.2, 0) is 18.1 Å². The van der Waals surface area contributed by atoms with Crippen molar-refractivity contribution < 1.29 is 23.8 Å². The minimum absolute atomic E-state index is 0.0203. The van der Waals surface area contributed by atoms with Crippen molar-refractivity contribution in [1.82, 2.24) is 19.6 Å². The minimum atomic E-state index is -1.08. The van der Waals surface area contributed by atoms with E-state index >= 15 is 0 Å². The zero-order chi connectivity index (χ0) is 20.1. The molecule has 0 aliphatic rings. The van der Waals surface area contributed by atoms with Crippen molar-refractivity contribution >= 4 is 29.2 Å². The lowest BCUT2D eigenvalue weighted by atomic mass is 10.3. The van der Waals surface area contributed by atoms with Gasteiger partial charge in [-0.3, -0.25) is 9.48 Å². The smallest absolute Gasteiger partial charge is 0.338 e. The Balaban J connectivity index is 1.48. The maximum atomic E-state index is 13.0. The predicted molar refractivity (Wildman–Crippen MR) is 96.7 cm³/mol. The number of carboxylic acids is 1. The highest BCUT2D eigenvalue weighted by Gasteiger charge is 2.09. The molecule has 9 nitrogen and oxygen atoms in total. The monoisotopic (exact) mass is 407 g/mol. The number of nitrogens with one attached hydrogen (secondary N) is 1. The van der Waals surface area contributed by atoms with Gasteiger partial charge in [0.15, 0.2) is 6.73 Å². The second-order valence-electron chi connectivity index (χ2n) is 5.71. The van der Waals surface area contributed by atoms with E-state index in [0.29, 0.717) is 11.4 Å². The highest BCUT2D eigenvalue weighted by Crippen LogP contribution is 2.25. The summed E-state index contributed by atoms with van der Waals surface area (Å²) < 4.78 is 21.3. The minimum Gasteiger partial charge on any atom is -0.478 e. The zero-order valence-corrected chi connectivity index (χ0v) is 15.1. The van der Waals surface area contributed by atoms with Crippen molar-refractivity contribution in [2.45, 2.75) is 19.7 Å². The number of nitrogens with zero attached hydrogens (tertiary/aromatic N) is 4. The first kappa shape index (κ1) is 19.4. The van der Waals surface area contributed by atoms with Gasteiger partial charge in [0.1, 0.15) is 11.6 Å². The lowest BCUT2D eigenvalue weighted by Gasteiger charge is -2.07. The lowest BCUT2D eigenvalue weighted by Crippen LogP contribution is -2.14. The van der Waals surface area contributed by atoms with Crippen LogP contribution in [0.1, 0.15) is 16.8 Å². The molecule has 2 heterocycles. The molecular formula is C17H15ClFN5O4. The summed E-state index contributed by atoms with van der Waals surface area (Å²) in [6.07, 6.45) is 5.69. The van der Waals surface area contributed by atoms with Gasteiger partial charge in [0.25, 0.3) is 0 Å². The number of aromatic nitrogens is 4. The number of hydrogen-bond donors (Lipinski definition) is 2. The van der Waals surface area contributed by atoms with E-state index in [0.717, 1.165) is 6.07 Å². The Morgan fingerprint density at radius 3 is 2.71 bits per heavy atom. The third-order valence-corrected chi connectivity index (χ3v) is 3.91. The first-order valence-electron chi connectivity index (χ1n) is 8.06. The van der Waals surface area contributed by atoms with Gasteiger partial charge in [-0.25, -0.2) is 13.9 Å². The van der Waals surface area contributed by atoms with Crippen LogP contribution in [0.3, 0.4) is 0 Å². The number of amides is 1. The predicted octanol–water partition coefficient (Wildman–Crippen LogP) is 2.64. The van der Waals surface area contributed by atoms with Crippen molar-refractivity contribution in [3.63, 3.8) is 0 Å². The van der Waals surface area contributed by atoms with Gasteiger partial charge in [0.2, 0.25) is 5.91 Å². The Labute approximate surface area is 163 Å². The van der Waals surface area contributed by atoms with Crippen molar-refractivity contribution in [1.29, 1.82) is 0 Å². The molecule has 146 valence electrons. The molecule has 0 radical (unpaired) electrons. The van der Waals surface area contributed by atoms with Crippen LogP contribution in [0.5, 0.6) is 5.75 Å². The molecule has 2 aromatic heterocycles. The van der Waals surface area contributed by atoms with E-state index in [4.69, 9.17) is 21.4 Å². The Morgan fingerprint density at radius 2 is 2.00 bits per heavy atom. The summed E-state index contributed by atoms with van der Waals surface area (Å²) in [5.41, 5.74) is 0.522. The zero-order valence-electron chi connectivity index (χ0n) is 14.4. The van der Waals surface area contributed by atoms with Gasteiger partial charge in [0, 0.05) is 19.2 Å². The number of aromatic carboxylic acids is 1. The molecule has 3 aromatic rings. The van der Waals surface area contributed by atoms with Crippen LogP contribution in [0.2, 0.25) is 5.02 Å². The van der Waals surface area contributed by atoms with Crippen LogP contribution >= 0.6 is 11.6 Å². The van der Waals surface area contributed by atoms with Gasteiger partial charge >= 0.3 is 5.97 Å². The summed E-state index contributed by atoms with van der Waals surface area (Å²) in [5, 5.41) is 19.6. The van der Waals surface area contributed by atoms with Crippen molar-refractivity contribution in [3.8, 4) is 5.75 Å². The fourth-order valence-electron chi connectivity index (χ4n) is 2.26. The van der Waals surface area contributed by atoms with E-state index in [2.05, 4.69) is 15.5 Å². The van der Waals surface area contributed by atoms with Gasteiger partial charge in [-0.2, -0.15) is 10.2 Å². The second-order valence-corrected chi connectivity index (χ2v) is 6.12. The van der Waals surface area contributed by atoms with E-state index in [1.165, 1.54) is 40.1 Å². The molecule has 0 aliphatic heterocycles. The maximum absolute atomic E-state index is 13.0. The fraction of sp³-hybridized carbons (Fsp3) is 0.176. The number of aryl methyl sites for hydroxylation is 1. The van der Waals surface area contributed by atoms with Crippen LogP contribution in [-0.4, -0.2) is 36.5 Å². The maximum Gasteiger partial charge on any atom is 0.338 e. The van der Waals surface area contributed by atoms with Gasteiger partial charge in [-0.15, -0.1) is 0 Å². The third kappa shape index (κ3) is 5.07. The molecule has 3 rings (SSSR count). The van der Waals surface area contributed by atoms with Crippen molar-refractivity contribution in [3.05, 3.63) is 59.4 Å². The molecule has 0 spiro atoms. The summed E-state index contributed by atoms with van der Waals surface area (Å²) >= 11 is 5.88. The SMILES string of the molecule is O=C(CCn1cc(C(=O)O)cn1)Nc1cnn(COc2ccc(F)cc2Cl)c1. The Kier molecular flexibility index (Phi) is 5.90. The number of hydrogen-bond acceptors (Lipinski definition) is 5. The van der Waals surface area contributed by atoms with E-state index in [1.807, 2.05) is 0 Å². The average Bonchev–Trinajstić information content (AvgIpc) is 3.29. The highest BCUT2D eigenvalue weighted by molar-refractivity contribution is 6.32. The van der Waals surface area contributed by atoms with Crippen molar-refractivity contribution in [2.24, 2.45) is 0 Å². The van der Waals surface area contributed by atoms with Gasteiger partial charge in [-0.1, -0.05) is 11.6 Å². The summed E-state index contributed by atoms with van der Waals surface area (Å²) in [6.45, 7) is 0.256. The Bertz CT molecular complexity index is 1000. The quantitative estimate of drug-likeness (QED) is 0.593. The number of benzene rings is 1. The molecule has 11 heteroatoms. The summed E-state index contributed by atoms with van der Waals surface area (Å²) in [4.78, 5) is 22.8. The molecule has 0 bridgehead atoms. The van der Waals surface area contributed by atoms with Gasteiger partial charge < -0.3 is 15.2 Å². The number of halogens is 2.